The Labute approximate surface area is 155 Å². The Morgan fingerprint density at radius 3 is 2.67 bits per heavy atom. The van der Waals surface area contributed by atoms with Crippen LogP contribution in [0.3, 0.4) is 0 Å². The molecule has 1 aromatic carbocycles. The van der Waals surface area contributed by atoms with Crippen molar-refractivity contribution < 1.29 is 15.0 Å². The monoisotopic (exact) mass is 367 g/mol. The number of hydrogen-bond acceptors (Lipinski definition) is 5. The average Bonchev–Trinajstić information content (AvgIpc) is 3.05. The molecule has 1 saturated heterocycles. The molecule has 0 aliphatic carbocycles. The number of aliphatic hydroxyl groups excluding tert-OH is 1. The normalized spacial score (nSPS) is 16.6. The van der Waals surface area contributed by atoms with Gasteiger partial charge < -0.3 is 20.8 Å². The molecule has 27 heavy (non-hydrogen) atoms. The first kappa shape index (κ1) is 17.3. The third-order valence-electron chi connectivity index (χ3n) is 5.44. The topological polar surface area (TPSA) is 117 Å². The van der Waals surface area contributed by atoms with Crippen molar-refractivity contribution in [2.24, 2.45) is 0 Å². The molecule has 1 aliphatic heterocycles. The van der Waals surface area contributed by atoms with E-state index in [1.807, 2.05) is 36.4 Å². The number of benzene rings is 1. The van der Waals surface area contributed by atoms with Crippen molar-refractivity contribution in [2.75, 3.05) is 25.4 Å². The number of carbonyl (C=O) groups is 1. The van der Waals surface area contributed by atoms with Crippen LogP contribution in [-0.2, 0) is 5.41 Å². The van der Waals surface area contributed by atoms with Crippen molar-refractivity contribution in [3.63, 3.8) is 0 Å². The van der Waals surface area contributed by atoms with Crippen molar-refractivity contribution in [1.29, 1.82) is 0 Å². The lowest BCUT2D eigenvalue weighted by Crippen LogP contribution is -2.46. The van der Waals surface area contributed by atoms with Gasteiger partial charge in [-0.2, -0.15) is 0 Å². The Bertz CT molecular complexity index is 992. The number of rotatable bonds is 3. The maximum atomic E-state index is 11.2. The summed E-state index contributed by atoms with van der Waals surface area (Å²) in [7, 11) is 0. The minimum Gasteiger partial charge on any atom is -0.465 e. The largest absolute Gasteiger partial charge is 0.465 e. The molecular weight excluding hydrogens is 346 g/mol. The Kier molecular flexibility index (Phi) is 4.19. The highest BCUT2D eigenvalue weighted by Gasteiger charge is 2.38. The summed E-state index contributed by atoms with van der Waals surface area (Å²) in [5.74, 6) is 0.454. The lowest BCUT2D eigenvalue weighted by molar-refractivity contribution is 0.0876. The number of likely N-dealkylation sites (tertiary alicyclic amines) is 1. The van der Waals surface area contributed by atoms with Gasteiger partial charge in [0.15, 0.2) is 5.82 Å². The second-order valence-electron chi connectivity index (χ2n) is 6.92. The van der Waals surface area contributed by atoms with Gasteiger partial charge in [0.1, 0.15) is 0 Å². The van der Waals surface area contributed by atoms with E-state index in [4.69, 9.17) is 5.73 Å². The molecule has 0 atom stereocenters. The number of anilines is 1. The van der Waals surface area contributed by atoms with E-state index in [0.29, 0.717) is 31.7 Å². The zero-order valence-electron chi connectivity index (χ0n) is 14.7. The number of aromatic nitrogens is 3. The molecule has 3 aromatic rings. The number of aliphatic hydroxyl groups is 1. The number of pyridine rings is 1. The minimum atomic E-state index is -0.929. The zero-order valence-corrected chi connectivity index (χ0v) is 14.7. The van der Waals surface area contributed by atoms with Gasteiger partial charge in [0, 0.05) is 30.1 Å². The Hall–Kier alpha value is -3.13. The van der Waals surface area contributed by atoms with Gasteiger partial charge in [-0.25, -0.2) is 9.48 Å². The summed E-state index contributed by atoms with van der Waals surface area (Å²) < 4.78 is 1.77. The minimum absolute atomic E-state index is 0.0844. The molecule has 2 aromatic heterocycles. The van der Waals surface area contributed by atoms with Gasteiger partial charge in [-0.05, 0) is 37.1 Å². The van der Waals surface area contributed by atoms with Crippen LogP contribution in [0.25, 0.3) is 16.6 Å². The van der Waals surface area contributed by atoms with Crippen LogP contribution >= 0.6 is 0 Å². The molecule has 140 valence electrons. The van der Waals surface area contributed by atoms with Crippen LogP contribution in [0.2, 0.25) is 0 Å². The van der Waals surface area contributed by atoms with E-state index in [1.165, 1.54) is 4.90 Å². The third-order valence-corrected chi connectivity index (χ3v) is 5.44. The summed E-state index contributed by atoms with van der Waals surface area (Å²) >= 11 is 0. The number of fused-ring (bicyclic) bond motifs is 1. The molecule has 1 aliphatic rings. The van der Waals surface area contributed by atoms with Crippen LogP contribution in [0.4, 0.5) is 10.6 Å². The van der Waals surface area contributed by atoms with E-state index >= 15 is 0 Å². The highest BCUT2D eigenvalue weighted by atomic mass is 16.4. The van der Waals surface area contributed by atoms with Gasteiger partial charge in [0.2, 0.25) is 0 Å². The van der Waals surface area contributed by atoms with Crippen LogP contribution in [0.5, 0.6) is 0 Å². The average molecular weight is 367 g/mol. The molecule has 0 bridgehead atoms. The van der Waals surface area contributed by atoms with Crippen molar-refractivity contribution in [2.45, 2.75) is 18.3 Å². The van der Waals surface area contributed by atoms with Gasteiger partial charge in [0.25, 0.3) is 0 Å². The Balaban J connectivity index is 1.73. The number of nitrogen functional groups attached to an aromatic ring is 1. The molecular formula is C19H21N5O3. The fraction of sp³-hybridized carbons (Fsp3) is 0.316. The summed E-state index contributed by atoms with van der Waals surface area (Å²) in [5.41, 5.74) is 7.93. The quantitative estimate of drug-likeness (QED) is 0.652. The third kappa shape index (κ3) is 2.87. The lowest BCUT2D eigenvalue weighted by Gasteiger charge is -2.39. The Morgan fingerprint density at radius 1 is 1.22 bits per heavy atom. The standard InChI is InChI=1S/C19H21N5O3/c20-17-14-3-1-2-4-15(14)24(22-17)13-5-8-21-16(11-13)19(12-25)6-9-23(10-7-19)18(26)27/h1-5,8,11,25H,6-7,9-10,12H2,(H2,20,22)(H,26,27). The smallest absolute Gasteiger partial charge is 0.407 e. The second-order valence-corrected chi connectivity index (χ2v) is 6.92. The zero-order chi connectivity index (χ0) is 19.0. The van der Waals surface area contributed by atoms with E-state index in [9.17, 15) is 15.0 Å². The molecule has 0 radical (unpaired) electrons. The van der Waals surface area contributed by atoms with Gasteiger partial charge in [-0.1, -0.05) is 12.1 Å². The molecule has 0 spiro atoms. The molecule has 0 unspecified atom stereocenters. The second kappa shape index (κ2) is 6.55. The van der Waals surface area contributed by atoms with Crippen LogP contribution in [0, 0.1) is 0 Å². The van der Waals surface area contributed by atoms with E-state index in [2.05, 4.69) is 10.1 Å². The maximum Gasteiger partial charge on any atom is 0.407 e. The number of carboxylic acid groups (broad SMARTS) is 1. The first-order valence-electron chi connectivity index (χ1n) is 8.83. The SMILES string of the molecule is Nc1nn(-c2ccnc(C3(CO)CCN(C(=O)O)CC3)c2)c2ccccc12. The number of piperidine rings is 1. The molecule has 4 rings (SSSR count). The summed E-state index contributed by atoms with van der Waals surface area (Å²) in [6.45, 7) is 0.664. The maximum absolute atomic E-state index is 11.2. The van der Waals surface area contributed by atoms with Crippen molar-refractivity contribution in [1.82, 2.24) is 19.7 Å². The van der Waals surface area contributed by atoms with Gasteiger partial charge in [-0.15, -0.1) is 5.10 Å². The van der Waals surface area contributed by atoms with Crippen LogP contribution in [0.15, 0.2) is 42.6 Å². The molecule has 1 fully saturated rings. The van der Waals surface area contributed by atoms with Crippen LogP contribution in [-0.4, -0.2) is 55.7 Å². The number of nitrogens with two attached hydrogens (primary N) is 1. The summed E-state index contributed by atoms with van der Waals surface area (Å²) in [6.07, 6.45) is 1.81. The van der Waals surface area contributed by atoms with Gasteiger partial charge >= 0.3 is 6.09 Å². The van der Waals surface area contributed by atoms with E-state index < -0.39 is 11.5 Å². The predicted molar refractivity (Wildman–Crippen MR) is 101 cm³/mol. The highest BCUT2D eigenvalue weighted by molar-refractivity contribution is 5.90. The Morgan fingerprint density at radius 2 is 1.96 bits per heavy atom. The number of hydrogen-bond donors (Lipinski definition) is 3. The summed E-state index contributed by atoms with van der Waals surface area (Å²) in [6, 6.07) is 11.5. The fourth-order valence-electron chi connectivity index (χ4n) is 3.75. The predicted octanol–water partition coefficient (Wildman–Crippen LogP) is 2.01. The first-order chi connectivity index (χ1) is 13.0. The van der Waals surface area contributed by atoms with Crippen molar-refractivity contribution in [3.05, 3.63) is 48.3 Å². The number of amides is 1. The molecule has 1 amide bonds. The number of nitrogens with zero attached hydrogens (tertiary/aromatic N) is 4. The lowest BCUT2D eigenvalue weighted by atomic mass is 9.76. The van der Waals surface area contributed by atoms with Crippen molar-refractivity contribution >= 4 is 22.8 Å². The number of para-hydroxylation sites is 1. The summed E-state index contributed by atoms with van der Waals surface area (Å²) in [4.78, 5) is 17.0. The van der Waals surface area contributed by atoms with Crippen molar-refractivity contribution in [3.8, 4) is 5.69 Å². The molecule has 0 saturated carbocycles. The molecule has 8 heteroatoms. The first-order valence-corrected chi connectivity index (χ1v) is 8.83. The van der Waals surface area contributed by atoms with E-state index in [-0.39, 0.29) is 6.61 Å². The molecule has 4 N–H and O–H groups in total. The van der Waals surface area contributed by atoms with E-state index in [0.717, 1.165) is 22.3 Å². The summed E-state index contributed by atoms with van der Waals surface area (Å²) in [5, 5.41) is 24.6. The van der Waals surface area contributed by atoms with Crippen LogP contribution < -0.4 is 5.73 Å². The highest BCUT2D eigenvalue weighted by Crippen LogP contribution is 2.35. The molecule has 8 nitrogen and oxygen atoms in total. The molecule has 3 heterocycles. The van der Waals surface area contributed by atoms with Crippen LogP contribution in [0.1, 0.15) is 18.5 Å². The van der Waals surface area contributed by atoms with E-state index in [1.54, 1.807) is 10.9 Å². The fourth-order valence-corrected chi connectivity index (χ4v) is 3.75. The van der Waals surface area contributed by atoms with Gasteiger partial charge in [-0.3, -0.25) is 4.98 Å². The van der Waals surface area contributed by atoms with Gasteiger partial charge in [0.05, 0.1) is 23.5 Å².